The molecular weight excluding hydrogens is 212 g/mol. The molecule has 1 N–H and O–H groups in total. The molecule has 86 valence electrons. The summed E-state index contributed by atoms with van der Waals surface area (Å²) in [6.45, 7) is 0. The molecule has 2 heteroatoms. The highest BCUT2D eigenvalue weighted by atomic mass is 16.3. The van der Waals surface area contributed by atoms with E-state index in [1.807, 2.05) is 18.2 Å². The van der Waals surface area contributed by atoms with Gasteiger partial charge in [0.15, 0.2) is 5.78 Å². The number of benzene rings is 1. The van der Waals surface area contributed by atoms with Gasteiger partial charge in [0.05, 0.1) is 5.56 Å². The Labute approximate surface area is 101 Å². The van der Waals surface area contributed by atoms with Crippen molar-refractivity contribution in [3.8, 4) is 5.75 Å². The SMILES string of the molecule is O=C(C=CC1C=CC=CC1)c1ccccc1O. The second kappa shape index (κ2) is 5.30. The molecule has 17 heavy (non-hydrogen) atoms. The van der Waals surface area contributed by atoms with Crippen LogP contribution in [0.25, 0.3) is 0 Å². The molecule has 0 bridgehead atoms. The molecule has 1 atom stereocenters. The molecule has 0 aromatic heterocycles. The summed E-state index contributed by atoms with van der Waals surface area (Å²) in [5, 5.41) is 9.54. The van der Waals surface area contributed by atoms with Crippen LogP contribution in [0.2, 0.25) is 0 Å². The molecular formula is C15H14O2. The van der Waals surface area contributed by atoms with E-state index in [4.69, 9.17) is 0 Å². The van der Waals surface area contributed by atoms with Gasteiger partial charge in [-0.3, -0.25) is 4.79 Å². The minimum Gasteiger partial charge on any atom is -0.507 e. The van der Waals surface area contributed by atoms with Crippen molar-refractivity contribution in [1.29, 1.82) is 0 Å². The van der Waals surface area contributed by atoms with Crippen LogP contribution in [0.3, 0.4) is 0 Å². The fourth-order valence-electron chi connectivity index (χ4n) is 1.73. The summed E-state index contributed by atoms with van der Waals surface area (Å²) >= 11 is 0. The summed E-state index contributed by atoms with van der Waals surface area (Å²) in [6, 6.07) is 6.58. The van der Waals surface area contributed by atoms with E-state index in [1.165, 1.54) is 12.1 Å². The van der Waals surface area contributed by atoms with Gasteiger partial charge in [-0.1, -0.05) is 42.5 Å². The molecule has 0 aliphatic heterocycles. The number of ketones is 1. The number of carbonyl (C=O) groups excluding carboxylic acids is 1. The summed E-state index contributed by atoms with van der Waals surface area (Å²) in [6.07, 6.45) is 12.4. The average Bonchev–Trinajstić information content (AvgIpc) is 2.38. The molecule has 1 aromatic rings. The lowest BCUT2D eigenvalue weighted by Gasteiger charge is -2.06. The zero-order valence-electron chi connectivity index (χ0n) is 9.41. The third-order valence-corrected chi connectivity index (χ3v) is 2.68. The summed E-state index contributed by atoms with van der Waals surface area (Å²) in [5.74, 6) is 0.141. The molecule has 2 nitrogen and oxygen atoms in total. The van der Waals surface area contributed by atoms with E-state index >= 15 is 0 Å². The van der Waals surface area contributed by atoms with E-state index in [1.54, 1.807) is 18.2 Å². The molecule has 1 aliphatic carbocycles. The van der Waals surface area contributed by atoms with Crippen LogP contribution in [0, 0.1) is 5.92 Å². The highest BCUT2D eigenvalue weighted by molar-refractivity contribution is 6.06. The Morgan fingerprint density at radius 1 is 1.29 bits per heavy atom. The zero-order chi connectivity index (χ0) is 12.1. The van der Waals surface area contributed by atoms with Gasteiger partial charge in [0.1, 0.15) is 5.75 Å². The minimum absolute atomic E-state index is 0.0289. The van der Waals surface area contributed by atoms with Gasteiger partial charge in [-0.05, 0) is 30.5 Å². The molecule has 0 heterocycles. The van der Waals surface area contributed by atoms with Gasteiger partial charge in [-0.25, -0.2) is 0 Å². The average molecular weight is 226 g/mol. The number of phenolic OH excluding ortho intramolecular Hbond substituents is 1. The van der Waals surface area contributed by atoms with Crippen molar-refractivity contribution in [3.05, 3.63) is 66.3 Å². The molecule has 1 aliphatic rings. The van der Waals surface area contributed by atoms with Crippen molar-refractivity contribution in [3.63, 3.8) is 0 Å². The second-order valence-electron chi connectivity index (χ2n) is 3.95. The lowest BCUT2D eigenvalue weighted by molar-refractivity contribution is 0.104. The molecule has 0 amide bonds. The van der Waals surface area contributed by atoms with Crippen molar-refractivity contribution in [2.45, 2.75) is 6.42 Å². The van der Waals surface area contributed by atoms with Gasteiger partial charge in [0, 0.05) is 0 Å². The Morgan fingerprint density at radius 3 is 2.82 bits per heavy atom. The molecule has 0 fully saturated rings. The van der Waals surface area contributed by atoms with Crippen LogP contribution in [0.1, 0.15) is 16.8 Å². The third kappa shape index (κ3) is 2.94. The quantitative estimate of drug-likeness (QED) is 0.634. The fourth-order valence-corrected chi connectivity index (χ4v) is 1.73. The lowest BCUT2D eigenvalue weighted by Crippen LogP contribution is -1.98. The number of hydrogen-bond acceptors (Lipinski definition) is 2. The Morgan fingerprint density at radius 2 is 2.12 bits per heavy atom. The van der Waals surface area contributed by atoms with Crippen LogP contribution in [-0.2, 0) is 0 Å². The molecule has 1 aromatic carbocycles. The Hall–Kier alpha value is -2.09. The van der Waals surface area contributed by atoms with Gasteiger partial charge in [0.2, 0.25) is 0 Å². The van der Waals surface area contributed by atoms with Crippen molar-refractivity contribution >= 4 is 5.78 Å². The largest absolute Gasteiger partial charge is 0.507 e. The summed E-state index contributed by atoms with van der Waals surface area (Å²) in [5.41, 5.74) is 0.346. The van der Waals surface area contributed by atoms with Gasteiger partial charge in [-0.2, -0.15) is 0 Å². The highest BCUT2D eigenvalue weighted by Crippen LogP contribution is 2.18. The zero-order valence-corrected chi connectivity index (χ0v) is 9.41. The van der Waals surface area contributed by atoms with Crippen LogP contribution >= 0.6 is 0 Å². The summed E-state index contributed by atoms with van der Waals surface area (Å²) < 4.78 is 0. The molecule has 1 unspecified atom stereocenters. The lowest BCUT2D eigenvalue weighted by atomic mass is 9.99. The van der Waals surface area contributed by atoms with E-state index in [2.05, 4.69) is 12.2 Å². The van der Waals surface area contributed by atoms with Crippen LogP contribution in [0.5, 0.6) is 5.75 Å². The monoisotopic (exact) mass is 226 g/mol. The number of aromatic hydroxyl groups is 1. The first-order chi connectivity index (χ1) is 8.27. The topological polar surface area (TPSA) is 37.3 Å². The molecule has 0 radical (unpaired) electrons. The smallest absolute Gasteiger partial charge is 0.189 e. The van der Waals surface area contributed by atoms with E-state index < -0.39 is 0 Å². The summed E-state index contributed by atoms with van der Waals surface area (Å²) in [7, 11) is 0. The summed E-state index contributed by atoms with van der Waals surface area (Å²) in [4.78, 5) is 11.8. The van der Waals surface area contributed by atoms with Crippen LogP contribution in [0.15, 0.2) is 60.7 Å². The van der Waals surface area contributed by atoms with E-state index in [9.17, 15) is 9.90 Å². The highest BCUT2D eigenvalue weighted by Gasteiger charge is 2.07. The van der Waals surface area contributed by atoms with E-state index in [0.29, 0.717) is 5.56 Å². The maximum Gasteiger partial charge on any atom is 0.189 e. The molecule has 2 rings (SSSR count). The van der Waals surface area contributed by atoms with Gasteiger partial charge in [-0.15, -0.1) is 0 Å². The Bertz CT molecular complexity index is 495. The molecule has 0 saturated carbocycles. The van der Waals surface area contributed by atoms with Crippen molar-refractivity contribution in [2.75, 3.05) is 0 Å². The van der Waals surface area contributed by atoms with E-state index in [0.717, 1.165) is 6.42 Å². The Balaban J connectivity index is 2.07. The first-order valence-electron chi connectivity index (χ1n) is 5.61. The maximum absolute atomic E-state index is 11.8. The standard InChI is InChI=1S/C15H14O2/c16-14-9-5-4-8-13(14)15(17)11-10-12-6-2-1-3-7-12/h1-6,8-12,16H,7H2. The van der Waals surface area contributed by atoms with Crippen molar-refractivity contribution < 1.29 is 9.90 Å². The molecule has 0 spiro atoms. The van der Waals surface area contributed by atoms with Crippen molar-refractivity contribution in [1.82, 2.24) is 0 Å². The number of carbonyl (C=O) groups is 1. The number of para-hydroxylation sites is 1. The maximum atomic E-state index is 11.8. The predicted octanol–water partition coefficient (Wildman–Crippen LogP) is 3.26. The number of allylic oxidation sites excluding steroid dienone is 6. The fraction of sp³-hybridized carbons (Fsp3) is 0.133. The number of hydrogen-bond donors (Lipinski definition) is 1. The van der Waals surface area contributed by atoms with Gasteiger partial charge in [0.25, 0.3) is 0 Å². The minimum atomic E-state index is -0.161. The predicted molar refractivity (Wildman–Crippen MR) is 68.0 cm³/mol. The number of rotatable bonds is 3. The first-order valence-corrected chi connectivity index (χ1v) is 5.61. The number of phenols is 1. The van der Waals surface area contributed by atoms with Crippen LogP contribution in [0.4, 0.5) is 0 Å². The van der Waals surface area contributed by atoms with Gasteiger partial charge >= 0.3 is 0 Å². The first kappa shape index (κ1) is 11.4. The second-order valence-corrected chi connectivity index (χ2v) is 3.95. The van der Waals surface area contributed by atoms with Crippen LogP contribution < -0.4 is 0 Å². The normalized spacial score (nSPS) is 18.7. The third-order valence-electron chi connectivity index (χ3n) is 2.68. The Kier molecular flexibility index (Phi) is 3.55. The van der Waals surface area contributed by atoms with Crippen molar-refractivity contribution in [2.24, 2.45) is 5.92 Å². The van der Waals surface area contributed by atoms with Crippen LogP contribution in [-0.4, -0.2) is 10.9 Å². The molecule has 0 saturated heterocycles. The van der Waals surface area contributed by atoms with Gasteiger partial charge < -0.3 is 5.11 Å². The van der Waals surface area contributed by atoms with E-state index in [-0.39, 0.29) is 17.5 Å².